The van der Waals surface area contributed by atoms with E-state index in [9.17, 15) is 4.79 Å². The zero-order valence-electron chi connectivity index (χ0n) is 13.2. The lowest BCUT2D eigenvalue weighted by atomic mass is 10.1. The summed E-state index contributed by atoms with van der Waals surface area (Å²) in [5.74, 6) is 0.786. The van der Waals surface area contributed by atoms with Crippen LogP contribution in [0.5, 0.6) is 0 Å². The quantitative estimate of drug-likeness (QED) is 0.853. The summed E-state index contributed by atoms with van der Waals surface area (Å²) >= 11 is 0. The van der Waals surface area contributed by atoms with E-state index in [0.717, 1.165) is 26.2 Å². The number of rotatable bonds is 3. The first kappa shape index (κ1) is 14.6. The fourth-order valence-corrected chi connectivity index (χ4v) is 3.68. The summed E-state index contributed by atoms with van der Waals surface area (Å²) in [5, 5.41) is 0. The van der Waals surface area contributed by atoms with Crippen LogP contribution in [0.2, 0.25) is 0 Å². The molecule has 2 aliphatic rings. The molecule has 3 heteroatoms. The van der Waals surface area contributed by atoms with Crippen molar-refractivity contribution >= 4 is 5.91 Å². The summed E-state index contributed by atoms with van der Waals surface area (Å²) in [4.78, 5) is 16.8. The summed E-state index contributed by atoms with van der Waals surface area (Å²) in [7, 11) is 0. The minimum absolute atomic E-state index is 0.330. The number of piperazine rings is 1. The summed E-state index contributed by atoms with van der Waals surface area (Å²) in [6.07, 6.45) is 3.12. The SMILES string of the molecule is CC(C)CC(=O)N1CCN(C2CCc3ccccc32)CC1. The van der Waals surface area contributed by atoms with Crippen LogP contribution < -0.4 is 0 Å². The molecule has 1 aliphatic heterocycles. The molecule has 1 atom stereocenters. The molecule has 0 radical (unpaired) electrons. The molecule has 1 aromatic carbocycles. The van der Waals surface area contributed by atoms with Gasteiger partial charge in [-0.3, -0.25) is 9.69 Å². The second-order valence-electron chi connectivity index (χ2n) is 6.77. The highest BCUT2D eigenvalue weighted by molar-refractivity contribution is 5.76. The predicted octanol–water partition coefficient (Wildman–Crippen LogP) is 2.86. The molecule has 3 nitrogen and oxygen atoms in total. The van der Waals surface area contributed by atoms with Gasteiger partial charge in [0.15, 0.2) is 0 Å². The van der Waals surface area contributed by atoms with E-state index < -0.39 is 0 Å². The number of hydrogen-bond donors (Lipinski definition) is 0. The molecule has 0 bridgehead atoms. The van der Waals surface area contributed by atoms with Gasteiger partial charge in [-0.2, -0.15) is 0 Å². The minimum atomic E-state index is 0.330. The fraction of sp³-hybridized carbons (Fsp3) is 0.611. The number of benzene rings is 1. The average Bonchev–Trinajstić information content (AvgIpc) is 2.90. The molecular weight excluding hydrogens is 260 g/mol. The first-order chi connectivity index (χ1) is 10.1. The van der Waals surface area contributed by atoms with Gasteiger partial charge in [-0.05, 0) is 29.9 Å². The van der Waals surface area contributed by atoms with Crippen LogP contribution in [0.25, 0.3) is 0 Å². The third-order valence-corrected chi connectivity index (χ3v) is 4.79. The lowest BCUT2D eigenvalue weighted by molar-refractivity contribution is -0.134. The first-order valence-corrected chi connectivity index (χ1v) is 8.25. The van der Waals surface area contributed by atoms with E-state index in [1.807, 2.05) is 0 Å². The maximum Gasteiger partial charge on any atom is 0.222 e. The van der Waals surface area contributed by atoms with Crippen molar-refractivity contribution in [2.24, 2.45) is 5.92 Å². The van der Waals surface area contributed by atoms with Crippen LogP contribution in [0.4, 0.5) is 0 Å². The van der Waals surface area contributed by atoms with Gasteiger partial charge in [0.05, 0.1) is 0 Å². The lowest BCUT2D eigenvalue weighted by Gasteiger charge is -2.38. The minimum Gasteiger partial charge on any atom is -0.340 e. The summed E-state index contributed by atoms with van der Waals surface area (Å²) in [6.45, 7) is 8.05. The number of amides is 1. The largest absolute Gasteiger partial charge is 0.340 e. The third-order valence-electron chi connectivity index (χ3n) is 4.79. The number of carbonyl (C=O) groups excluding carboxylic acids is 1. The molecular formula is C18H26N2O. The number of nitrogens with zero attached hydrogens (tertiary/aromatic N) is 2. The Hall–Kier alpha value is -1.35. The molecule has 3 rings (SSSR count). The zero-order chi connectivity index (χ0) is 14.8. The highest BCUT2D eigenvalue weighted by Gasteiger charge is 2.30. The Morgan fingerprint density at radius 3 is 2.62 bits per heavy atom. The highest BCUT2D eigenvalue weighted by atomic mass is 16.2. The van der Waals surface area contributed by atoms with Gasteiger partial charge >= 0.3 is 0 Å². The Bertz CT molecular complexity index is 504. The predicted molar refractivity (Wildman–Crippen MR) is 85.1 cm³/mol. The van der Waals surface area contributed by atoms with Gasteiger partial charge in [0.25, 0.3) is 0 Å². The number of fused-ring (bicyclic) bond motifs is 1. The monoisotopic (exact) mass is 286 g/mol. The molecule has 0 N–H and O–H groups in total. The van der Waals surface area contributed by atoms with E-state index in [0.29, 0.717) is 24.3 Å². The maximum absolute atomic E-state index is 12.1. The van der Waals surface area contributed by atoms with Crippen LogP contribution in [0, 0.1) is 5.92 Å². The molecule has 0 saturated carbocycles. The average molecular weight is 286 g/mol. The van der Waals surface area contributed by atoms with Gasteiger partial charge in [0.2, 0.25) is 5.91 Å². The Labute approximate surface area is 127 Å². The number of hydrogen-bond acceptors (Lipinski definition) is 2. The van der Waals surface area contributed by atoms with Crippen LogP contribution in [0.15, 0.2) is 24.3 Å². The molecule has 1 aromatic rings. The Morgan fingerprint density at radius 1 is 1.19 bits per heavy atom. The molecule has 0 aromatic heterocycles. The van der Waals surface area contributed by atoms with Crippen LogP contribution in [0.1, 0.15) is 43.9 Å². The second-order valence-corrected chi connectivity index (χ2v) is 6.77. The smallest absolute Gasteiger partial charge is 0.222 e. The normalized spacial score (nSPS) is 22.6. The standard InChI is InChI=1S/C18H26N2O/c1-14(2)13-18(21)20-11-9-19(10-12-20)17-8-7-15-5-3-4-6-16(15)17/h3-6,14,17H,7-13H2,1-2H3. The lowest BCUT2D eigenvalue weighted by Crippen LogP contribution is -2.49. The molecule has 1 aliphatic carbocycles. The van der Waals surface area contributed by atoms with Crippen molar-refractivity contribution in [1.82, 2.24) is 9.80 Å². The van der Waals surface area contributed by atoms with Crippen molar-refractivity contribution in [1.29, 1.82) is 0 Å². The first-order valence-electron chi connectivity index (χ1n) is 8.25. The summed E-state index contributed by atoms with van der Waals surface area (Å²) in [6, 6.07) is 9.41. The van der Waals surface area contributed by atoms with E-state index in [1.165, 1.54) is 24.0 Å². The maximum atomic E-state index is 12.1. The van der Waals surface area contributed by atoms with E-state index in [-0.39, 0.29) is 0 Å². The molecule has 1 saturated heterocycles. The topological polar surface area (TPSA) is 23.6 Å². The van der Waals surface area contributed by atoms with Gasteiger partial charge in [-0.1, -0.05) is 38.1 Å². The van der Waals surface area contributed by atoms with E-state index in [1.54, 1.807) is 0 Å². The van der Waals surface area contributed by atoms with Crippen molar-refractivity contribution < 1.29 is 4.79 Å². The van der Waals surface area contributed by atoms with Crippen molar-refractivity contribution in [2.45, 2.75) is 39.2 Å². The number of carbonyl (C=O) groups is 1. The van der Waals surface area contributed by atoms with Gasteiger partial charge in [-0.15, -0.1) is 0 Å². The van der Waals surface area contributed by atoms with Crippen LogP contribution >= 0.6 is 0 Å². The molecule has 1 unspecified atom stereocenters. The Morgan fingerprint density at radius 2 is 1.90 bits per heavy atom. The van der Waals surface area contributed by atoms with E-state index in [4.69, 9.17) is 0 Å². The summed E-state index contributed by atoms with van der Waals surface area (Å²) < 4.78 is 0. The molecule has 1 heterocycles. The van der Waals surface area contributed by atoms with Crippen molar-refractivity contribution in [3.8, 4) is 0 Å². The molecule has 21 heavy (non-hydrogen) atoms. The van der Waals surface area contributed by atoms with Gasteiger partial charge in [-0.25, -0.2) is 0 Å². The molecule has 1 amide bonds. The molecule has 1 fully saturated rings. The fourth-order valence-electron chi connectivity index (χ4n) is 3.68. The third kappa shape index (κ3) is 3.13. The van der Waals surface area contributed by atoms with Crippen molar-refractivity contribution in [3.05, 3.63) is 35.4 Å². The molecule has 114 valence electrons. The molecule has 0 spiro atoms. The number of aryl methyl sites for hydroxylation is 1. The highest BCUT2D eigenvalue weighted by Crippen LogP contribution is 2.35. The van der Waals surface area contributed by atoms with E-state index >= 15 is 0 Å². The second kappa shape index (κ2) is 6.18. The van der Waals surface area contributed by atoms with Crippen LogP contribution in [0.3, 0.4) is 0 Å². The van der Waals surface area contributed by atoms with Crippen LogP contribution in [-0.4, -0.2) is 41.9 Å². The zero-order valence-corrected chi connectivity index (χ0v) is 13.2. The van der Waals surface area contributed by atoms with Crippen molar-refractivity contribution in [2.75, 3.05) is 26.2 Å². The van der Waals surface area contributed by atoms with E-state index in [2.05, 4.69) is 47.9 Å². The van der Waals surface area contributed by atoms with Gasteiger partial charge in [0, 0.05) is 38.6 Å². The van der Waals surface area contributed by atoms with Gasteiger partial charge < -0.3 is 4.90 Å². The van der Waals surface area contributed by atoms with Crippen LogP contribution in [-0.2, 0) is 11.2 Å². The Balaban J connectivity index is 1.58. The summed E-state index contributed by atoms with van der Waals surface area (Å²) in [5.41, 5.74) is 3.03. The van der Waals surface area contributed by atoms with Crippen molar-refractivity contribution in [3.63, 3.8) is 0 Å². The Kier molecular flexibility index (Phi) is 4.29. The van der Waals surface area contributed by atoms with Gasteiger partial charge in [0.1, 0.15) is 0 Å².